The van der Waals surface area contributed by atoms with E-state index in [1.54, 1.807) is 18.2 Å². The summed E-state index contributed by atoms with van der Waals surface area (Å²) in [5.41, 5.74) is 0.749. The van der Waals surface area contributed by atoms with Crippen LogP contribution in [0.4, 0.5) is 0 Å². The minimum absolute atomic E-state index is 0.0684. The minimum Gasteiger partial charge on any atom is -0.289 e. The summed E-state index contributed by atoms with van der Waals surface area (Å²) in [5.74, 6) is -0.703. The molecule has 1 aromatic rings. The number of Topliss-reactive ketones (excluding diaryl/α,β-unsaturated/α-hetero) is 2. The maximum absolute atomic E-state index is 12.3. The molecule has 20 heavy (non-hydrogen) atoms. The van der Waals surface area contributed by atoms with Crippen molar-refractivity contribution >= 4 is 33.4 Å². The quantitative estimate of drug-likeness (QED) is 0.796. The van der Waals surface area contributed by atoms with Gasteiger partial charge in [0.05, 0.1) is 4.91 Å². The van der Waals surface area contributed by atoms with Crippen LogP contribution in [0.1, 0.15) is 20.7 Å². The van der Waals surface area contributed by atoms with Gasteiger partial charge in [-0.15, -0.1) is 0 Å². The summed E-state index contributed by atoms with van der Waals surface area (Å²) in [7, 11) is -4.32. The number of carbonyl (C=O) groups excluding carboxylic acids is 2. The molecule has 1 aliphatic carbocycles. The van der Waals surface area contributed by atoms with Gasteiger partial charge in [0.15, 0.2) is 10.4 Å². The molecule has 1 aromatic carbocycles. The number of hydrogen-bond donors (Lipinski definition) is 1. The predicted octanol–water partition coefficient (Wildman–Crippen LogP) is 1.84. The number of hydrogen-bond acceptors (Lipinski definition) is 5. The highest BCUT2D eigenvalue weighted by Gasteiger charge is 2.37. The molecule has 0 spiro atoms. The Labute approximate surface area is 119 Å². The highest BCUT2D eigenvalue weighted by Crippen LogP contribution is 2.40. The highest BCUT2D eigenvalue weighted by molar-refractivity contribution is 8.15. The molecule has 2 aliphatic rings. The molecule has 0 saturated heterocycles. The molecule has 1 N–H and O–H groups in total. The van der Waals surface area contributed by atoms with E-state index in [0.717, 1.165) is 0 Å². The van der Waals surface area contributed by atoms with Crippen LogP contribution < -0.4 is 0 Å². The molecule has 0 radical (unpaired) electrons. The van der Waals surface area contributed by atoms with Gasteiger partial charge in [-0.1, -0.05) is 48.2 Å². The lowest BCUT2D eigenvalue weighted by molar-refractivity contribution is 0.0984. The van der Waals surface area contributed by atoms with Gasteiger partial charge in [0, 0.05) is 16.7 Å². The molecule has 0 amide bonds. The Bertz CT molecular complexity index is 802. The fraction of sp³-hybridized carbons (Fsp3) is 0.0769. The average Bonchev–Trinajstić information content (AvgIpc) is 2.43. The van der Waals surface area contributed by atoms with Crippen LogP contribution in [0.5, 0.6) is 0 Å². The predicted molar refractivity (Wildman–Crippen MR) is 74.2 cm³/mol. The molecule has 1 aliphatic heterocycles. The zero-order valence-corrected chi connectivity index (χ0v) is 11.6. The Kier molecular flexibility index (Phi) is 2.93. The van der Waals surface area contributed by atoms with Gasteiger partial charge in [-0.2, -0.15) is 8.42 Å². The molecule has 1 unspecified atom stereocenters. The normalized spacial score (nSPS) is 21.8. The van der Waals surface area contributed by atoms with Crippen molar-refractivity contribution in [2.75, 3.05) is 0 Å². The number of allylic oxidation sites excluding steroid dienone is 3. The van der Waals surface area contributed by atoms with Gasteiger partial charge in [0.2, 0.25) is 5.78 Å². The average molecular weight is 308 g/mol. The SMILES string of the molecule is O=C1C2=C(SC(S(=O)(=O)O)C=C2)C(=O)c2ccccc21. The standard InChI is InChI=1S/C13H8O5S2/c14-11-7-3-1-2-4-8(7)12(15)13-9(11)5-6-10(19-13)20(16,17)18/h1-6,10H,(H,16,17,18). The third-order valence-corrected chi connectivity index (χ3v) is 5.85. The zero-order chi connectivity index (χ0) is 14.5. The van der Waals surface area contributed by atoms with Gasteiger partial charge >= 0.3 is 0 Å². The molecule has 1 atom stereocenters. The van der Waals surface area contributed by atoms with Crippen molar-refractivity contribution < 1.29 is 22.6 Å². The van der Waals surface area contributed by atoms with E-state index in [2.05, 4.69) is 0 Å². The van der Waals surface area contributed by atoms with Crippen molar-refractivity contribution in [2.45, 2.75) is 4.58 Å². The van der Waals surface area contributed by atoms with E-state index >= 15 is 0 Å². The summed E-state index contributed by atoms with van der Waals surface area (Å²) in [5, 5.41) is 0. The highest BCUT2D eigenvalue weighted by atomic mass is 32.3. The van der Waals surface area contributed by atoms with E-state index in [1.165, 1.54) is 18.2 Å². The first kappa shape index (κ1) is 13.3. The van der Waals surface area contributed by atoms with Crippen LogP contribution in [0.2, 0.25) is 0 Å². The number of thioether (sulfide) groups is 1. The van der Waals surface area contributed by atoms with Crippen LogP contribution in [0.3, 0.4) is 0 Å². The van der Waals surface area contributed by atoms with Crippen LogP contribution in [-0.2, 0) is 10.1 Å². The third-order valence-electron chi connectivity index (χ3n) is 3.06. The Morgan fingerprint density at radius 2 is 1.65 bits per heavy atom. The summed E-state index contributed by atoms with van der Waals surface area (Å²) in [4.78, 5) is 24.7. The molecular formula is C13H8O5S2. The van der Waals surface area contributed by atoms with Crippen LogP contribution in [0.15, 0.2) is 46.9 Å². The van der Waals surface area contributed by atoms with Crippen LogP contribution in [-0.4, -0.2) is 29.1 Å². The maximum Gasteiger partial charge on any atom is 0.281 e. The van der Waals surface area contributed by atoms with Gasteiger partial charge in [0.1, 0.15) is 0 Å². The zero-order valence-electron chi connectivity index (χ0n) is 9.94. The Morgan fingerprint density at radius 1 is 1.05 bits per heavy atom. The lowest BCUT2D eigenvalue weighted by Gasteiger charge is -2.23. The number of benzene rings is 1. The fourth-order valence-electron chi connectivity index (χ4n) is 2.13. The number of carbonyl (C=O) groups is 2. The van der Waals surface area contributed by atoms with Gasteiger partial charge in [-0.25, -0.2) is 0 Å². The van der Waals surface area contributed by atoms with Gasteiger partial charge in [-0.05, 0) is 0 Å². The number of fused-ring (bicyclic) bond motifs is 1. The van der Waals surface area contributed by atoms with Crippen LogP contribution in [0, 0.1) is 0 Å². The molecule has 0 fully saturated rings. The molecule has 0 bridgehead atoms. The monoisotopic (exact) mass is 308 g/mol. The largest absolute Gasteiger partial charge is 0.289 e. The van der Waals surface area contributed by atoms with Crippen molar-refractivity contribution in [1.82, 2.24) is 0 Å². The number of ketones is 2. The number of rotatable bonds is 1. The smallest absolute Gasteiger partial charge is 0.281 e. The van der Waals surface area contributed by atoms with Crippen molar-refractivity contribution in [2.24, 2.45) is 0 Å². The van der Waals surface area contributed by atoms with E-state index < -0.39 is 20.5 Å². The Balaban J connectivity index is 2.12. The summed E-state index contributed by atoms with van der Waals surface area (Å²) in [6, 6.07) is 6.39. The molecule has 0 aromatic heterocycles. The Hall–Kier alpha value is -1.70. The summed E-state index contributed by atoms with van der Waals surface area (Å²) >= 11 is 0.682. The maximum atomic E-state index is 12.3. The molecule has 5 nitrogen and oxygen atoms in total. The van der Waals surface area contributed by atoms with E-state index in [-0.39, 0.29) is 21.8 Å². The van der Waals surface area contributed by atoms with Crippen molar-refractivity contribution in [1.29, 1.82) is 0 Å². The molecule has 7 heteroatoms. The van der Waals surface area contributed by atoms with Gasteiger partial charge in [0.25, 0.3) is 10.1 Å². The third kappa shape index (κ3) is 1.94. The molecule has 102 valence electrons. The second kappa shape index (κ2) is 4.41. The van der Waals surface area contributed by atoms with E-state index in [0.29, 0.717) is 17.3 Å². The molecular weight excluding hydrogens is 300 g/mol. The first-order chi connectivity index (χ1) is 9.39. The molecule has 0 saturated carbocycles. The minimum atomic E-state index is -4.32. The summed E-state index contributed by atoms with van der Waals surface area (Å²) < 4.78 is 30.1. The van der Waals surface area contributed by atoms with E-state index in [9.17, 15) is 18.0 Å². The van der Waals surface area contributed by atoms with Gasteiger partial charge < -0.3 is 0 Å². The van der Waals surface area contributed by atoms with E-state index in [1.807, 2.05) is 0 Å². The lowest BCUT2D eigenvalue weighted by atomic mass is 9.89. The van der Waals surface area contributed by atoms with Crippen molar-refractivity contribution in [3.63, 3.8) is 0 Å². The van der Waals surface area contributed by atoms with Crippen LogP contribution >= 0.6 is 11.8 Å². The summed E-state index contributed by atoms with van der Waals surface area (Å²) in [6.07, 6.45) is 2.50. The van der Waals surface area contributed by atoms with Crippen LogP contribution in [0.25, 0.3) is 0 Å². The van der Waals surface area contributed by atoms with Crippen molar-refractivity contribution in [3.05, 3.63) is 58.0 Å². The summed E-state index contributed by atoms with van der Waals surface area (Å²) in [6.45, 7) is 0. The first-order valence-electron chi connectivity index (χ1n) is 5.63. The second-order valence-corrected chi connectivity index (χ2v) is 7.29. The van der Waals surface area contributed by atoms with Crippen molar-refractivity contribution in [3.8, 4) is 0 Å². The Morgan fingerprint density at radius 3 is 2.25 bits per heavy atom. The lowest BCUT2D eigenvalue weighted by Crippen LogP contribution is -2.25. The fourth-order valence-corrected chi connectivity index (χ4v) is 4.08. The topological polar surface area (TPSA) is 88.5 Å². The van der Waals surface area contributed by atoms with E-state index in [4.69, 9.17) is 4.55 Å². The first-order valence-corrected chi connectivity index (χ1v) is 8.02. The molecule has 1 heterocycles. The second-order valence-electron chi connectivity index (χ2n) is 4.31. The van der Waals surface area contributed by atoms with Gasteiger partial charge in [-0.3, -0.25) is 14.1 Å². The molecule has 3 rings (SSSR count).